The molecular weight excluding hydrogens is 328 g/mol. The average molecular weight is 353 g/mol. The number of nitrogens with zero attached hydrogens (tertiary/aromatic N) is 1. The van der Waals surface area contributed by atoms with Gasteiger partial charge in [-0.05, 0) is 51.8 Å². The van der Waals surface area contributed by atoms with Crippen LogP contribution in [0, 0.1) is 19.8 Å². The lowest BCUT2D eigenvalue weighted by Gasteiger charge is -2.31. The van der Waals surface area contributed by atoms with Gasteiger partial charge in [0, 0.05) is 22.8 Å². The fourth-order valence-corrected chi connectivity index (χ4v) is 5.70. The molecule has 1 aliphatic heterocycles. The smallest absolute Gasteiger partial charge is 0.244 e. The number of halogens is 1. The molecule has 0 bridgehead atoms. The summed E-state index contributed by atoms with van der Waals surface area (Å²) in [5, 5.41) is 3.35. The summed E-state index contributed by atoms with van der Waals surface area (Å²) in [6, 6.07) is 1.81. The Labute approximate surface area is 138 Å². The molecule has 0 amide bonds. The van der Waals surface area contributed by atoms with E-state index in [4.69, 9.17) is 0 Å². The summed E-state index contributed by atoms with van der Waals surface area (Å²) in [5.74, 6) is 0.603. The van der Waals surface area contributed by atoms with Gasteiger partial charge in [0.05, 0.1) is 4.90 Å². The Morgan fingerprint density at radius 2 is 1.95 bits per heavy atom. The van der Waals surface area contributed by atoms with Crippen molar-refractivity contribution in [3.05, 3.63) is 15.8 Å². The van der Waals surface area contributed by atoms with Gasteiger partial charge in [-0.3, -0.25) is 0 Å². The van der Waals surface area contributed by atoms with Crippen LogP contribution in [0.1, 0.15) is 29.5 Å². The average Bonchev–Trinajstić information content (AvgIpc) is 2.76. The van der Waals surface area contributed by atoms with Crippen molar-refractivity contribution in [2.75, 3.05) is 26.2 Å². The molecule has 1 aromatic rings. The van der Waals surface area contributed by atoms with Crippen molar-refractivity contribution in [2.24, 2.45) is 5.92 Å². The molecule has 0 aromatic carbocycles. The van der Waals surface area contributed by atoms with Crippen molar-refractivity contribution in [3.8, 4) is 0 Å². The van der Waals surface area contributed by atoms with Crippen molar-refractivity contribution >= 4 is 33.8 Å². The molecule has 1 aromatic heterocycles. The predicted molar refractivity (Wildman–Crippen MR) is 91.1 cm³/mol. The standard InChI is InChI=1S/C14H24N2O2S2.ClH/c1-4-15-10-13-5-7-16(8-6-13)20(17,18)14-9-11(2)19-12(14)3;/h9,13,15H,4-8,10H2,1-3H3;1H. The lowest BCUT2D eigenvalue weighted by molar-refractivity contribution is 0.268. The first-order chi connectivity index (χ1) is 9.45. The highest BCUT2D eigenvalue weighted by Gasteiger charge is 2.30. The van der Waals surface area contributed by atoms with E-state index in [9.17, 15) is 8.42 Å². The Hall–Kier alpha value is -0.140. The molecule has 21 heavy (non-hydrogen) atoms. The zero-order chi connectivity index (χ0) is 14.8. The fraction of sp³-hybridized carbons (Fsp3) is 0.714. The highest BCUT2D eigenvalue weighted by molar-refractivity contribution is 7.89. The summed E-state index contributed by atoms with van der Waals surface area (Å²) >= 11 is 1.56. The number of piperidine rings is 1. The zero-order valence-corrected chi connectivity index (χ0v) is 15.3. The highest BCUT2D eigenvalue weighted by atomic mass is 35.5. The van der Waals surface area contributed by atoms with Crippen molar-refractivity contribution in [1.82, 2.24) is 9.62 Å². The molecule has 4 nitrogen and oxygen atoms in total. The van der Waals surface area contributed by atoms with E-state index in [0.29, 0.717) is 23.9 Å². The molecule has 0 spiro atoms. The number of hydrogen-bond donors (Lipinski definition) is 1. The number of aryl methyl sites for hydroxylation is 2. The molecule has 1 N–H and O–H groups in total. The molecule has 2 rings (SSSR count). The lowest BCUT2D eigenvalue weighted by atomic mass is 9.98. The minimum absolute atomic E-state index is 0. The monoisotopic (exact) mass is 352 g/mol. The van der Waals surface area contributed by atoms with Crippen molar-refractivity contribution in [2.45, 2.75) is 38.5 Å². The van der Waals surface area contributed by atoms with Gasteiger partial charge in [0.2, 0.25) is 10.0 Å². The summed E-state index contributed by atoms with van der Waals surface area (Å²) < 4.78 is 27.0. The molecule has 1 fully saturated rings. The number of sulfonamides is 1. The van der Waals surface area contributed by atoms with Crippen LogP contribution in [0.15, 0.2) is 11.0 Å². The molecule has 0 saturated carbocycles. The number of thiophene rings is 1. The molecule has 1 saturated heterocycles. The van der Waals surface area contributed by atoms with Gasteiger partial charge in [-0.25, -0.2) is 8.42 Å². The Morgan fingerprint density at radius 3 is 2.43 bits per heavy atom. The van der Waals surface area contributed by atoms with E-state index in [1.54, 1.807) is 21.7 Å². The molecule has 7 heteroatoms. The first kappa shape index (κ1) is 18.9. The van der Waals surface area contributed by atoms with Crippen LogP contribution < -0.4 is 5.32 Å². The highest BCUT2D eigenvalue weighted by Crippen LogP contribution is 2.30. The van der Waals surface area contributed by atoms with Gasteiger partial charge < -0.3 is 5.32 Å². The maximum absolute atomic E-state index is 12.7. The Balaban J connectivity index is 0.00000220. The molecule has 2 heterocycles. The van der Waals surface area contributed by atoms with Crippen LogP contribution in [-0.2, 0) is 10.0 Å². The maximum Gasteiger partial charge on any atom is 0.244 e. The molecule has 0 atom stereocenters. The maximum atomic E-state index is 12.7. The van der Waals surface area contributed by atoms with Crippen LogP contribution in [0.2, 0.25) is 0 Å². The third kappa shape index (κ3) is 4.42. The Morgan fingerprint density at radius 1 is 1.33 bits per heavy atom. The van der Waals surface area contributed by atoms with Crippen LogP contribution in [0.3, 0.4) is 0 Å². The summed E-state index contributed by atoms with van der Waals surface area (Å²) in [7, 11) is -3.29. The Bertz CT molecular complexity index is 549. The second-order valence-corrected chi connectivity index (χ2v) is 8.80. The van der Waals surface area contributed by atoms with E-state index in [0.717, 1.165) is 35.7 Å². The summed E-state index contributed by atoms with van der Waals surface area (Å²) in [4.78, 5) is 2.46. The first-order valence-corrected chi connectivity index (χ1v) is 9.48. The summed E-state index contributed by atoms with van der Waals surface area (Å²) in [5.41, 5.74) is 0. The van der Waals surface area contributed by atoms with Gasteiger partial charge >= 0.3 is 0 Å². The van der Waals surface area contributed by atoms with E-state index in [1.807, 2.05) is 13.8 Å². The third-order valence-corrected chi connectivity index (χ3v) is 6.99. The molecule has 122 valence electrons. The van der Waals surface area contributed by atoms with Gasteiger partial charge in [-0.2, -0.15) is 4.31 Å². The van der Waals surface area contributed by atoms with Crippen molar-refractivity contribution in [3.63, 3.8) is 0 Å². The number of hydrogen-bond acceptors (Lipinski definition) is 4. The van der Waals surface area contributed by atoms with E-state index in [2.05, 4.69) is 12.2 Å². The topological polar surface area (TPSA) is 49.4 Å². The number of rotatable bonds is 5. The second-order valence-electron chi connectivity index (χ2n) is 5.43. The Kier molecular flexibility index (Phi) is 7.13. The SMILES string of the molecule is CCNCC1CCN(S(=O)(=O)c2cc(C)sc2C)CC1.Cl. The molecule has 0 unspecified atom stereocenters. The molecule has 1 aliphatic rings. The van der Waals surface area contributed by atoms with E-state index in [1.165, 1.54) is 0 Å². The fourth-order valence-electron chi connectivity index (χ4n) is 2.70. The molecular formula is C14H25ClN2O2S2. The minimum atomic E-state index is -3.29. The van der Waals surface area contributed by atoms with Crippen LogP contribution in [0.25, 0.3) is 0 Å². The third-order valence-electron chi connectivity index (χ3n) is 3.87. The summed E-state index contributed by atoms with van der Waals surface area (Å²) in [6.45, 7) is 9.22. The largest absolute Gasteiger partial charge is 0.317 e. The van der Waals surface area contributed by atoms with Crippen LogP contribution in [-0.4, -0.2) is 38.9 Å². The van der Waals surface area contributed by atoms with Crippen LogP contribution in [0.5, 0.6) is 0 Å². The lowest BCUT2D eigenvalue weighted by Crippen LogP contribution is -2.40. The normalized spacial score (nSPS) is 17.7. The first-order valence-electron chi connectivity index (χ1n) is 7.23. The van der Waals surface area contributed by atoms with Crippen molar-refractivity contribution in [1.29, 1.82) is 0 Å². The van der Waals surface area contributed by atoms with E-state index >= 15 is 0 Å². The minimum Gasteiger partial charge on any atom is -0.317 e. The molecule has 0 radical (unpaired) electrons. The van der Waals surface area contributed by atoms with Crippen LogP contribution >= 0.6 is 23.7 Å². The van der Waals surface area contributed by atoms with Gasteiger partial charge in [0.1, 0.15) is 0 Å². The predicted octanol–water partition coefficient (Wildman–Crippen LogP) is 2.80. The van der Waals surface area contributed by atoms with Gasteiger partial charge in [0.15, 0.2) is 0 Å². The molecule has 0 aliphatic carbocycles. The van der Waals surface area contributed by atoms with Gasteiger partial charge in [-0.15, -0.1) is 23.7 Å². The zero-order valence-electron chi connectivity index (χ0n) is 12.9. The van der Waals surface area contributed by atoms with Gasteiger partial charge in [-0.1, -0.05) is 6.92 Å². The van der Waals surface area contributed by atoms with Crippen LogP contribution in [0.4, 0.5) is 0 Å². The van der Waals surface area contributed by atoms with Crippen molar-refractivity contribution < 1.29 is 8.42 Å². The number of nitrogens with one attached hydrogen (secondary N) is 1. The summed E-state index contributed by atoms with van der Waals surface area (Å²) in [6.07, 6.45) is 1.91. The van der Waals surface area contributed by atoms with Gasteiger partial charge in [0.25, 0.3) is 0 Å². The second kappa shape index (κ2) is 7.92. The van der Waals surface area contributed by atoms with E-state index < -0.39 is 10.0 Å². The van der Waals surface area contributed by atoms with E-state index in [-0.39, 0.29) is 12.4 Å². The quantitative estimate of drug-likeness (QED) is 0.886.